The zero-order chi connectivity index (χ0) is 17.0. The molecule has 142 valence electrons. The Labute approximate surface area is 167 Å². The zero-order valence-corrected chi connectivity index (χ0v) is 17.4. The normalized spacial score (nSPS) is 15.3. The van der Waals surface area contributed by atoms with Gasteiger partial charge in [-0.2, -0.15) is 5.10 Å². The van der Waals surface area contributed by atoms with E-state index >= 15 is 0 Å². The molecule has 1 heterocycles. The summed E-state index contributed by atoms with van der Waals surface area (Å²) in [6.45, 7) is 4.61. The maximum atomic E-state index is 12.0. The average Bonchev–Trinajstić information content (AvgIpc) is 3.11. The van der Waals surface area contributed by atoms with Gasteiger partial charge in [-0.05, 0) is 32.3 Å². The van der Waals surface area contributed by atoms with E-state index in [0.29, 0.717) is 12.0 Å². The van der Waals surface area contributed by atoms with Gasteiger partial charge in [-0.3, -0.25) is 9.48 Å². The molecule has 1 amide bonds. The van der Waals surface area contributed by atoms with Gasteiger partial charge in [-0.1, -0.05) is 19.3 Å². The summed E-state index contributed by atoms with van der Waals surface area (Å²) in [5.41, 5.74) is 0. The molecule has 25 heavy (non-hydrogen) atoms. The lowest BCUT2D eigenvalue weighted by atomic mass is 9.95. The summed E-state index contributed by atoms with van der Waals surface area (Å²) >= 11 is 0. The van der Waals surface area contributed by atoms with Crippen molar-refractivity contribution in [3.8, 4) is 0 Å². The molecule has 0 spiro atoms. The summed E-state index contributed by atoms with van der Waals surface area (Å²) < 4.78 is 1.91. The molecule has 0 atom stereocenters. The number of aryl methyl sites for hydroxylation is 1. The number of aliphatic imine (C=N–C) groups is 1. The number of hydrogen-bond donors (Lipinski definition) is 3. The van der Waals surface area contributed by atoms with E-state index in [4.69, 9.17) is 0 Å². The van der Waals surface area contributed by atoms with Crippen molar-refractivity contribution in [2.24, 2.45) is 4.99 Å². The second-order valence-corrected chi connectivity index (χ2v) is 6.15. The van der Waals surface area contributed by atoms with Crippen LogP contribution in [0.25, 0.3) is 0 Å². The first-order valence-corrected chi connectivity index (χ1v) is 9.07. The number of hydrogen-bond acceptors (Lipinski definition) is 3. The first-order valence-electron chi connectivity index (χ1n) is 9.07. The molecule has 1 saturated carbocycles. The maximum absolute atomic E-state index is 12.0. The van der Waals surface area contributed by atoms with Crippen LogP contribution in [0.3, 0.4) is 0 Å². The zero-order valence-electron chi connectivity index (χ0n) is 15.0. The average molecular weight is 462 g/mol. The van der Waals surface area contributed by atoms with Crippen molar-refractivity contribution in [3.05, 3.63) is 18.5 Å². The number of nitrogens with one attached hydrogen (secondary N) is 3. The van der Waals surface area contributed by atoms with E-state index in [2.05, 4.69) is 26.0 Å². The lowest BCUT2D eigenvalue weighted by Crippen LogP contribution is -2.41. The molecule has 1 aromatic rings. The molecule has 0 unspecified atom stereocenters. The van der Waals surface area contributed by atoms with Gasteiger partial charge in [0.15, 0.2) is 5.96 Å². The number of carbonyl (C=O) groups excluding carboxylic acids is 1. The minimum absolute atomic E-state index is 0. The van der Waals surface area contributed by atoms with Gasteiger partial charge in [0.05, 0.1) is 0 Å². The monoisotopic (exact) mass is 462 g/mol. The highest BCUT2D eigenvalue weighted by atomic mass is 127. The highest BCUT2D eigenvalue weighted by molar-refractivity contribution is 14.0. The van der Waals surface area contributed by atoms with Gasteiger partial charge in [0.2, 0.25) is 5.91 Å². The van der Waals surface area contributed by atoms with Crippen LogP contribution in [0.2, 0.25) is 0 Å². The van der Waals surface area contributed by atoms with Gasteiger partial charge < -0.3 is 16.0 Å². The second-order valence-electron chi connectivity index (χ2n) is 6.15. The molecule has 1 aliphatic rings. The minimum Gasteiger partial charge on any atom is -0.357 e. The lowest BCUT2D eigenvalue weighted by Gasteiger charge is -2.22. The molecule has 0 aliphatic heterocycles. The van der Waals surface area contributed by atoms with Gasteiger partial charge >= 0.3 is 0 Å². The van der Waals surface area contributed by atoms with E-state index in [9.17, 15) is 4.79 Å². The summed E-state index contributed by atoms with van der Waals surface area (Å²) in [7, 11) is 0. The molecule has 0 bridgehead atoms. The largest absolute Gasteiger partial charge is 0.357 e. The second kappa shape index (κ2) is 13.0. The van der Waals surface area contributed by atoms with Crippen molar-refractivity contribution in [2.45, 2.75) is 58.0 Å². The Hall–Kier alpha value is -1.32. The van der Waals surface area contributed by atoms with E-state index in [1.165, 1.54) is 19.3 Å². The summed E-state index contributed by atoms with van der Waals surface area (Å²) in [6, 6.07) is 2.26. The molecule has 3 N–H and O–H groups in total. The van der Waals surface area contributed by atoms with Crippen LogP contribution in [0, 0.1) is 0 Å². The van der Waals surface area contributed by atoms with Gasteiger partial charge in [-0.25, -0.2) is 4.99 Å². The third-order valence-electron chi connectivity index (χ3n) is 4.11. The Morgan fingerprint density at radius 3 is 2.76 bits per heavy atom. The molecule has 2 rings (SSSR count). The van der Waals surface area contributed by atoms with E-state index in [1.807, 2.05) is 23.9 Å². The molecule has 1 fully saturated rings. The molecule has 8 heteroatoms. The standard InChI is InChI=1S/C17H30N6O.HI/c1-2-18-17(19-10-6-12-23-13-7-11-21-23)20-14-16(24)22-15-8-4-3-5-9-15;/h7,11,13,15H,2-6,8-10,12,14H2,1H3,(H,22,24)(H2,18,19,20);1H. The van der Waals surface area contributed by atoms with Crippen LogP contribution in [-0.2, 0) is 11.3 Å². The number of carbonyl (C=O) groups is 1. The molecule has 0 radical (unpaired) electrons. The fourth-order valence-corrected chi connectivity index (χ4v) is 2.89. The van der Waals surface area contributed by atoms with Crippen molar-refractivity contribution in [3.63, 3.8) is 0 Å². The third-order valence-corrected chi connectivity index (χ3v) is 4.11. The van der Waals surface area contributed by atoms with Gasteiger partial charge in [0.25, 0.3) is 0 Å². The smallest absolute Gasteiger partial charge is 0.242 e. The number of amides is 1. The maximum Gasteiger partial charge on any atom is 0.242 e. The van der Waals surface area contributed by atoms with Crippen LogP contribution in [0.5, 0.6) is 0 Å². The quantitative estimate of drug-likeness (QED) is 0.239. The van der Waals surface area contributed by atoms with E-state index in [1.54, 1.807) is 6.20 Å². The van der Waals surface area contributed by atoms with E-state index < -0.39 is 0 Å². The first-order chi connectivity index (χ1) is 11.8. The van der Waals surface area contributed by atoms with Crippen molar-refractivity contribution in [1.29, 1.82) is 0 Å². The Morgan fingerprint density at radius 2 is 2.08 bits per heavy atom. The molecule has 1 aromatic heterocycles. The highest BCUT2D eigenvalue weighted by Crippen LogP contribution is 2.17. The number of rotatable bonds is 8. The van der Waals surface area contributed by atoms with Crippen LogP contribution < -0.4 is 16.0 Å². The summed E-state index contributed by atoms with van der Waals surface area (Å²) in [4.78, 5) is 16.4. The van der Waals surface area contributed by atoms with Crippen LogP contribution in [-0.4, -0.2) is 47.3 Å². The number of halogens is 1. The van der Waals surface area contributed by atoms with Gasteiger partial charge in [0.1, 0.15) is 6.54 Å². The molecule has 0 saturated heterocycles. The van der Waals surface area contributed by atoms with E-state index in [-0.39, 0.29) is 36.4 Å². The summed E-state index contributed by atoms with van der Waals surface area (Å²) in [6.07, 6.45) is 10.6. The highest BCUT2D eigenvalue weighted by Gasteiger charge is 2.15. The van der Waals surface area contributed by atoms with E-state index in [0.717, 1.165) is 38.9 Å². The predicted molar refractivity (Wildman–Crippen MR) is 111 cm³/mol. The Balaban J connectivity index is 0.00000312. The van der Waals surface area contributed by atoms with Crippen LogP contribution >= 0.6 is 24.0 Å². The predicted octanol–water partition coefficient (Wildman–Crippen LogP) is 1.90. The molecule has 7 nitrogen and oxygen atoms in total. The Kier molecular flexibility index (Phi) is 11.3. The Bertz CT molecular complexity index is 499. The van der Waals surface area contributed by atoms with Crippen LogP contribution in [0.4, 0.5) is 0 Å². The lowest BCUT2D eigenvalue weighted by molar-refractivity contribution is -0.120. The first kappa shape index (κ1) is 21.7. The minimum atomic E-state index is 0. The molecular formula is C17H31IN6O. The molecule has 1 aliphatic carbocycles. The number of nitrogens with zero attached hydrogens (tertiary/aromatic N) is 3. The number of aromatic nitrogens is 2. The van der Waals surface area contributed by atoms with Crippen molar-refractivity contribution in [1.82, 2.24) is 25.7 Å². The Morgan fingerprint density at radius 1 is 1.28 bits per heavy atom. The van der Waals surface area contributed by atoms with Crippen LogP contribution in [0.15, 0.2) is 23.5 Å². The SMILES string of the molecule is CCNC(=NCC(=O)NC1CCCCC1)NCCCn1cccn1.I. The van der Waals surface area contributed by atoms with Crippen molar-refractivity contribution < 1.29 is 4.79 Å². The third kappa shape index (κ3) is 9.08. The van der Waals surface area contributed by atoms with Crippen molar-refractivity contribution in [2.75, 3.05) is 19.6 Å². The molecular weight excluding hydrogens is 431 g/mol. The van der Waals surface area contributed by atoms with Crippen LogP contribution in [0.1, 0.15) is 45.4 Å². The fourth-order valence-electron chi connectivity index (χ4n) is 2.89. The van der Waals surface area contributed by atoms with Gasteiger partial charge in [-0.15, -0.1) is 24.0 Å². The summed E-state index contributed by atoms with van der Waals surface area (Å²) in [5.74, 6) is 0.701. The fraction of sp³-hybridized carbons (Fsp3) is 0.706. The van der Waals surface area contributed by atoms with Gasteiger partial charge in [0, 0.05) is 38.1 Å². The van der Waals surface area contributed by atoms with Crippen molar-refractivity contribution >= 4 is 35.8 Å². The summed E-state index contributed by atoms with van der Waals surface area (Å²) in [5, 5.41) is 13.7. The topological polar surface area (TPSA) is 83.3 Å². The number of guanidine groups is 1. The molecule has 0 aromatic carbocycles.